The topological polar surface area (TPSA) is 110 Å². The molecule has 0 spiro atoms. The van der Waals surface area contributed by atoms with Crippen LogP contribution >= 0.6 is 0 Å². The van der Waals surface area contributed by atoms with Crippen molar-refractivity contribution in [3.63, 3.8) is 0 Å². The smallest absolute Gasteiger partial charge is 0.387 e. The number of halogens is 2. The summed E-state index contributed by atoms with van der Waals surface area (Å²) in [5.41, 5.74) is 5.33. The van der Waals surface area contributed by atoms with E-state index in [9.17, 15) is 23.2 Å². The van der Waals surface area contributed by atoms with E-state index in [-0.39, 0.29) is 30.2 Å². The highest BCUT2D eigenvalue weighted by Crippen LogP contribution is 2.21. The first-order valence-corrected chi connectivity index (χ1v) is 10.2. The normalized spacial score (nSPS) is 11.0. The van der Waals surface area contributed by atoms with Gasteiger partial charge in [0.25, 0.3) is 5.56 Å². The number of nitrogens with zero attached hydrogens (tertiary/aromatic N) is 2. The van der Waals surface area contributed by atoms with E-state index >= 15 is 0 Å². The average Bonchev–Trinajstić information content (AvgIpc) is 2.71. The summed E-state index contributed by atoms with van der Waals surface area (Å²) < 4.78 is 30.2. The van der Waals surface area contributed by atoms with E-state index in [0.717, 1.165) is 12.8 Å². The van der Waals surface area contributed by atoms with Crippen LogP contribution in [0.3, 0.4) is 0 Å². The fourth-order valence-corrected chi connectivity index (χ4v) is 3.11. The van der Waals surface area contributed by atoms with Crippen LogP contribution in [0.1, 0.15) is 45.1 Å². The number of hydrogen-bond donors (Lipinski definition) is 2. The number of amides is 1. The Balaban J connectivity index is 2.35. The molecule has 3 N–H and O–H groups in total. The van der Waals surface area contributed by atoms with Gasteiger partial charge >= 0.3 is 12.3 Å². The molecule has 0 saturated carbocycles. The van der Waals surface area contributed by atoms with Crippen molar-refractivity contribution in [2.75, 3.05) is 17.2 Å². The minimum atomic E-state index is -2.94. The van der Waals surface area contributed by atoms with Crippen LogP contribution in [0, 0.1) is 0 Å². The number of H-pyrrole nitrogens is 1. The predicted molar refractivity (Wildman–Crippen MR) is 115 cm³/mol. The summed E-state index contributed by atoms with van der Waals surface area (Å²) in [4.78, 5) is 41.4. The van der Waals surface area contributed by atoms with E-state index in [0.29, 0.717) is 24.9 Å². The van der Waals surface area contributed by atoms with Gasteiger partial charge in [-0.15, -0.1) is 0 Å². The summed E-state index contributed by atoms with van der Waals surface area (Å²) in [6, 6.07) is 5.70. The van der Waals surface area contributed by atoms with Crippen LogP contribution in [-0.2, 0) is 17.8 Å². The van der Waals surface area contributed by atoms with Crippen LogP contribution in [0.4, 0.5) is 20.3 Å². The number of carbonyl (C=O) groups excluding carboxylic acids is 1. The molecule has 1 aromatic heterocycles. The lowest BCUT2D eigenvalue weighted by molar-refractivity contribution is -0.118. The standard InChI is InChI=1S/C21H28F2N4O4/c1-3-5-11-26(16(28)13-14-7-9-15(10-8-14)31-20(22)23)17-18(24)27(12-6-4-2)21(30)25-19(17)29/h7-10,20H,3-6,11-13,24H2,1-2H3,(H,25,29,30). The summed E-state index contributed by atoms with van der Waals surface area (Å²) in [6.07, 6.45) is 2.83. The van der Waals surface area contributed by atoms with Crippen LogP contribution in [0.15, 0.2) is 33.9 Å². The molecule has 1 aromatic carbocycles. The highest BCUT2D eigenvalue weighted by Gasteiger charge is 2.24. The number of hydrogen-bond acceptors (Lipinski definition) is 5. The first-order chi connectivity index (χ1) is 14.8. The lowest BCUT2D eigenvalue weighted by Gasteiger charge is -2.24. The number of rotatable bonds is 11. The zero-order valence-corrected chi connectivity index (χ0v) is 17.7. The summed E-state index contributed by atoms with van der Waals surface area (Å²) in [7, 11) is 0. The molecular formula is C21H28F2N4O4. The quantitative estimate of drug-likeness (QED) is 0.561. The van der Waals surface area contributed by atoms with E-state index in [1.165, 1.54) is 33.7 Å². The van der Waals surface area contributed by atoms with Crippen molar-refractivity contribution in [1.82, 2.24) is 9.55 Å². The van der Waals surface area contributed by atoms with Gasteiger partial charge in [0.2, 0.25) is 5.91 Å². The zero-order valence-electron chi connectivity index (χ0n) is 17.7. The van der Waals surface area contributed by atoms with Crippen LogP contribution in [-0.4, -0.2) is 28.6 Å². The molecule has 0 unspecified atom stereocenters. The number of ether oxygens (including phenoxy) is 1. The van der Waals surface area contributed by atoms with Crippen molar-refractivity contribution in [3.8, 4) is 5.75 Å². The number of nitrogens with one attached hydrogen (secondary N) is 1. The number of carbonyl (C=O) groups is 1. The summed E-state index contributed by atoms with van der Waals surface area (Å²) in [5.74, 6) is -0.459. The molecule has 0 saturated heterocycles. The highest BCUT2D eigenvalue weighted by molar-refractivity contribution is 5.96. The van der Waals surface area contributed by atoms with E-state index in [2.05, 4.69) is 9.72 Å². The number of benzene rings is 1. The summed E-state index contributed by atoms with van der Waals surface area (Å²) in [6.45, 7) is 1.55. The van der Waals surface area contributed by atoms with Gasteiger partial charge in [-0.2, -0.15) is 8.78 Å². The molecule has 0 radical (unpaired) electrons. The first-order valence-electron chi connectivity index (χ1n) is 10.2. The lowest BCUT2D eigenvalue weighted by atomic mass is 10.1. The Hall–Kier alpha value is -3.17. The lowest BCUT2D eigenvalue weighted by Crippen LogP contribution is -2.42. The molecule has 0 bridgehead atoms. The van der Waals surface area contributed by atoms with E-state index in [1.54, 1.807) is 0 Å². The Morgan fingerprint density at radius 2 is 1.81 bits per heavy atom. The molecule has 0 aliphatic rings. The molecule has 0 fully saturated rings. The number of aromatic amines is 1. The third-order valence-electron chi connectivity index (χ3n) is 4.76. The molecule has 0 aliphatic heterocycles. The second kappa shape index (κ2) is 11.3. The number of anilines is 2. The molecule has 10 heteroatoms. The van der Waals surface area contributed by atoms with Gasteiger partial charge in [0.15, 0.2) is 5.69 Å². The number of nitrogens with two attached hydrogens (primary N) is 1. The second-order valence-corrected chi connectivity index (χ2v) is 7.10. The van der Waals surface area contributed by atoms with Gasteiger partial charge in [-0.1, -0.05) is 38.8 Å². The van der Waals surface area contributed by atoms with Gasteiger partial charge in [-0.05, 0) is 30.5 Å². The number of unbranched alkanes of at least 4 members (excludes halogenated alkanes) is 2. The molecule has 1 heterocycles. The maximum absolute atomic E-state index is 13.1. The number of aromatic nitrogens is 2. The Bertz CT molecular complexity index is 986. The molecule has 8 nitrogen and oxygen atoms in total. The largest absolute Gasteiger partial charge is 0.435 e. The number of nitrogen functional groups attached to an aromatic ring is 1. The third-order valence-corrected chi connectivity index (χ3v) is 4.76. The molecule has 1 amide bonds. The van der Waals surface area contributed by atoms with E-state index < -0.39 is 23.8 Å². The van der Waals surface area contributed by atoms with E-state index in [4.69, 9.17) is 5.73 Å². The third kappa shape index (κ3) is 6.40. The minimum absolute atomic E-state index is 0.0160. The molecule has 170 valence electrons. The highest BCUT2D eigenvalue weighted by atomic mass is 19.3. The van der Waals surface area contributed by atoms with E-state index in [1.807, 2.05) is 13.8 Å². The fraction of sp³-hybridized carbons (Fsp3) is 0.476. The van der Waals surface area contributed by atoms with Crippen LogP contribution in [0.5, 0.6) is 5.75 Å². The van der Waals surface area contributed by atoms with Gasteiger partial charge in [0.1, 0.15) is 11.6 Å². The van der Waals surface area contributed by atoms with Crippen LogP contribution in [0.2, 0.25) is 0 Å². The zero-order chi connectivity index (χ0) is 23.0. The maximum atomic E-state index is 13.1. The average molecular weight is 438 g/mol. The van der Waals surface area contributed by atoms with Gasteiger partial charge in [-0.3, -0.25) is 19.1 Å². The van der Waals surface area contributed by atoms with Gasteiger partial charge in [0.05, 0.1) is 6.42 Å². The molecule has 2 aromatic rings. The van der Waals surface area contributed by atoms with Crippen molar-refractivity contribution >= 4 is 17.4 Å². The van der Waals surface area contributed by atoms with Gasteiger partial charge < -0.3 is 15.4 Å². The second-order valence-electron chi connectivity index (χ2n) is 7.10. The Labute approximate surface area is 178 Å². The van der Waals surface area contributed by atoms with Gasteiger partial charge in [-0.25, -0.2) is 4.79 Å². The fourth-order valence-electron chi connectivity index (χ4n) is 3.11. The van der Waals surface area contributed by atoms with Crippen molar-refractivity contribution in [3.05, 3.63) is 50.7 Å². The minimum Gasteiger partial charge on any atom is -0.435 e. The number of alkyl halides is 2. The van der Waals surface area contributed by atoms with Crippen LogP contribution < -0.4 is 26.6 Å². The Kier molecular flexibility index (Phi) is 8.77. The SMILES string of the molecule is CCCCN(C(=O)Cc1ccc(OC(F)F)cc1)c1c(N)n(CCCC)c(=O)[nH]c1=O. The molecule has 0 aliphatic carbocycles. The van der Waals surface area contributed by atoms with Crippen LogP contribution in [0.25, 0.3) is 0 Å². The predicted octanol–water partition coefficient (Wildman–Crippen LogP) is 2.90. The molecule has 31 heavy (non-hydrogen) atoms. The summed E-state index contributed by atoms with van der Waals surface area (Å²) in [5, 5.41) is 0. The monoisotopic (exact) mass is 438 g/mol. The molecule has 2 rings (SSSR count). The van der Waals surface area contributed by atoms with Crippen molar-refractivity contribution in [1.29, 1.82) is 0 Å². The molecule has 0 atom stereocenters. The Morgan fingerprint density at radius 1 is 1.16 bits per heavy atom. The Morgan fingerprint density at radius 3 is 2.39 bits per heavy atom. The van der Waals surface area contributed by atoms with Crippen molar-refractivity contribution in [2.45, 2.75) is 59.1 Å². The van der Waals surface area contributed by atoms with Crippen molar-refractivity contribution < 1.29 is 18.3 Å². The van der Waals surface area contributed by atoms with Crippen molar-refractivity contribution in [2.24, 2.45) is 0 Å². The molecular weight excluding hydrogens is 410 g/mol. The maximum Gasteiger partial charge on any atom is 0.387 e. The first kappa shape index (κ1) is 24.1. The summed E-state index contributed by atoms with van der Waals surface area (Å²) >= 11 is 0. The van der Waals surface area contributed by atoms with Gasteiger partial charge in [0, 0.05) is 13.1 Å².